The molecule has 0 aromatic rings. The molecule has 3 nitrogen and oxygen atoms in total. The summed E-state index contributed by atoms with van der Waals surface area (Å²) in [6.07, 6.45) is 0.444. The summed E-state index contributed by atoms with van der Waals surface area (Å²) in [6, 6.07) is 0. The van der Waals surface area contributed by atoms with Gasteiger partial charge in [-0.1, -0.05) is 6.92 Å². The van der Waals surface area contributed by atoms with Gasteiger partial charge in [0.05, 0.1) is 11.1 Å². The second kappa shape index (κ2) is 3.44. The molecule has 0 fully saturated rings. The molecule has 0 aliphatic rings. The number of carbonyl (C=O) groups excluding carboxylic acids is 1. The topological polar surface area (TPSA) is 49.3 Å². The van der Waals surface area contributed by atoms with Crippen molar-refractivity contribution < 1.29 is 9.90 Å². The molecule has 0 unspecified atom stereocenters. The Bertz CT molecular complexity index is 168. The SMILES string of the molecule is CCC(=O)NC(C)(C)C(C)(C)O. The molecule has 0 atom stereocenters. The van der Waals surface area contributed by atoms with Crippen molar-refractivity contribution in [3.8, 4) is 0 Å². The van der Waals surface area contributed by atoms with Crippen molar-refractivity contribution in [1.82, 2.24) is 5.32 Å². The van der Waals surface area contributed by atoms with Crippen molar-refractivity contribution in [2.24, 2.45) is 0 Å². The first kappa shape index (κ1) is 11.4. The zero-order valence-electron chi connectivity index (χ0n) is 8.56. The largest absolute Gasteiger partial charge is 0.388 e. The van der Waals surface area contributed by atoms with Crippen LogP contribution in [0.25, 0.3) is 0 Å². The predicted molar refractivity (Wildman–Crippen MR) is 48.8 cm³/mol. The molecule has 0 aliphatic heterocycles. The van der Waals surface area contributed by atoms with Crippen molar-refractivity contribution in [3.63, 3.8) is 0 Å². The second-order valence-corrected chi connectivity index (χ2v) is 4.09. The average Bonchev–Trinajstić information content (AvgIpc) is 1.84. The number of amides is 1. The maximum absolute atomic E-state index is 11.1. The number of hydrogen-bond acceptors (Lipinski definition) is 2. The molecule has 0 bridgehead atoms. The van der Waals surface area contributed by atoms with Crippen molar-refractivity contribution in [1.29, 1.82) is 0 Å². The van der Waals surface area contributed by atoms with Gasteiger partial charge in [0.25, 0.3) is 0 Å². The molecule has 0 spiro atoms. The van der Waals surface area contributed by atoms with Gasteiger partial charge in [-0.3, -0.25) is 4.79 Å². The summed E-state index contributed by atoms with van der Waals surface area (Å²) in [6.45, 7) is 8.77. The Morgan fingerprint density at radius 1 is 1.33 bits per heavy atom. The third-order valence-electron chi connectivity index (χ3n) is 2.30. The molecule has 0 aromatic heterocycles. The van der Waals surface area contributed by atoms with Crippen LogP contribution in [0.3, 0.4) is 0 Å². The van der Waals surface area contributed by atoms with Crippen molar-refractivity contribution in [2.75, 3.05) is 0 Å². The minimum atomic E-state index is -0.905. The summed E-state index contributed by atoms with van der Waals surface area (Å²) in [5.41, 5.74) is -1.49. The Morgan fingerprint density at radius 3 is 2.00 bits per heavy atom. The normalized spacial score (nSPS) is 12.8. The van der Waals surface area contributed by atoms with Crippen molar-refractivity contribution in [3.05, 3.63) is 0 Å². The van der Waals surface area contributed by atoms with Crippen LogP contribution < -0.4 is 5.32 Å². The molecule has 0 radical (unpaired) electrons. The Morgan fingerprint density at radius 2 is 1.75 bits per heavy atom. The lowest BCUT2D eigenvalue weighted by molar-refractivity contribution is -0.125. The number of nitrogens with one attached hydrogen (secondary N) is 1. The molecule has 1 amide bonds. The molecule has 0 saturated heterocycles. The summed E-state index contributed by atoms with van der Waals surface area (Å²) in [7, 11) is 0. The second-order valence-electron chi connectivity index (χ2n) is 4.09. The Hall–Kier alpha value is -0.570. The maximum atomic E-state index is 11.1. The minimum absolute atomic E-state index is 0.0397. The Balaban J connectivity index is 4.33. The van der Waals surface area contributed by atoms with Crippen LogP contribution in [0.4, 0.5) is 0 Å². The van der Waals surface area contributed by atoms with E-state index in [0.29, 0.717) is 6.42 Å². The van der Waals surface area contributed by atoms with E-state index >= 15 is 0 Å². The number of aliphatic hydroxyl groups is 1. The third kappa shape index (κ3) is 2.81. The zero-order chi connectivity index (χ0) is 9.99. The summed E-state index contributed by atoms with van der Waals surface area (Å²) in [5, 5.41) is 12.4. The first-order chi connectivity index (χ1) is 5.20. The summed E-state index contributed by atoms with van der Waals surface area (Å²) >= 11 is 0. The lowest BCUT2D eigenvalue weighted by atomic mass is 9.86. The van der Waals surface area contributed by atoms with E-state index < -0.39 is 11.1 Å². The van der Waals surface area contributed by atoms with Gasteiger partial charge < -0.3 is 10.4 Å². The van der Waals surface area contributed by atoms with E-state index in [-0.39, 0.29) is 5.91 Å². The predicted octanol–water partition coefficient (Wildman–Crippen LogP) is 1.06. The molecular weight excluding hydrogens is 154 g/mol. The van der Waals surface area contributed by atoms with E-state index in [4.69, 9.17) is 0 Å². The average molecular weight is 173 g/mol. The number of carbonyl (C=O) groups is 1. The molecule has 12 heavy (non-hydrogen) atoms. The van der Waals surface area contributed by atoms with E-state index in [1.165, 1.54) is 0 Å². The van der Waals surface area contributed by atoms with Gasteiger partial charge in [-0.15, -0.1) is 0 Å². The molecule has 0 heterocycles. The van der Waals surface area contributed by atoms with Gasteiger partial charge in [-0.25, -0.2) is 0 Å². The van der Waals surface area contributed by atoms with Gasteiger partial charge in [0, 0.05) is 6.42 Å². The molecule has 0 saturated carbocycles. The van der Waals surface area contributed by atoms with Crippen molar-refractivity contribution in [2.45, 2.75) is 52.2 Å². The summed E-state index contributed by atoms with van der Waals surface area (Å²) in [4.78, 5) is 11.1. The summed E-state index contributed by atoms with van der Waals surface area (Å²) in [5.74, 6) is -0.0397. The lowest BCUT2D eigenvalue weighted by Crippen LogP contribution is -2.57. The van der Waals surface area contributed by atoms with E-state index in [0.717, 1.165) is 0 Å². The molecule has 2 N–H and O–H groups in total. The molecule has 3 heteroatoms. The van der Waals surface area contributed by atoms with Crippen LogP contribution in [0.1, 0.15) is 41.0 Å². The highest BCUT2D eigenvalue weighted by atomic mass is 16.3. The van der Waals surface area contributed by atoms with Gasteiger partial charge >= 0.3 is 0 Å². The van der Waals surface area contributed by atoms with Crippen LogP contribution >= 0.6 is 0 Å². The van der Waals surface area contributed by atoms with E-state index in [1.54, 1.807) is 34.6 Å². The standard InChI is InChI=1S/C9H19NO2/c1-6-7(11)10-8(2,3)9(4,5)12/h12H,6H2,1-5H3,(H,10,11). The highest BCUT2D eigenvalue weighted by Crippen LogP contribution is 2.20. The van der Waals surface area contributed by atoms with Crippen LogP contribution in [-0.2, 0) is 4.79 Å². The van der Waals surface area contributed by atoms with Crippen LogP contribution in [0, 0.1) is 0 Å². The van der Waals surface area contributed by atoms with E-state index in [1.807, 2.05) is 0 Å². The monoisotopic (exact) mass is 173 g/mol. The van der Waals surface area contributed by atoms with Gasteiger partial charge in [0.1, 0.15) is 0 Å². The lowest BCUT2D eigenvalue weighted by Gasteiger charge is -2.37. The maximum Gasteiger partial charge on any atom is 0.220 e. The first-order valence-electron chi connectivity index (χ1n) is 4.24. The van der Waals surface area contributed by atoms with E-state index in [2.05, 4.69) is 5.32 Å². The molecule has 72 valence electrons. The van der Waals surface area contributed by atoms with Gasteiger partial charge in [-0.05, 0) is 27.7 Å². The quantitative estimate of drug-likeness (QED) is 0.670. The van der Waals surface area contributed by atoms with Gasteiger partial charge in [0.15, 0.2) is 0 Å². The molecule has 0 aliphatic carbocycles. The van der Waals surface area contributed by atoms with Crippen LogP contribution in [0.2, 0.25) is 0 Å². The van der Waals surface area contributed by atoms with Crippen LogP contribution in [0.5, 0.6) is 0 Å². The molecular formula is C9H19NO2. The number of hydrogen-bond donors (Lipinski definition) is 2. The number of rotatable bonds is 3. The molecule has 0 aromatic carbocycles. The summed E-state index contributed by atoms with van der Waals surface area (Å²) < 4.78 is 0. The smallest absolute Gasteiger partial charge is 0.220 e. The third-order valence-corrected chi connectivity index (χ3v) is 2.30. The van der Waals surface area contributed by atoms with Crippen LogP contribution in [-0.4, -0.2) is 22.2 Å². The van der Waals surface area contributed by atoms with Gasteiger partial charge in [-0.2, -0.15) is 0 Å². The van der Waals surface area contributed by atoms with Crippen molar-refractivity contribution >= 4 is 5.91 Å². The highest BCUT2D eigenvalue weighted by molar-refractivity contribution is 5.76. The fourth-order valence-corrected chi connectivity index (χ4v) is 0.590. The zero-order valence-corrected chi connectivity index (χ0v) is 8.56. The van der Waals surface area contributed by atoms with E-state index in [9.17, 15) is 9.90 Å². The Kier molecular flexibility index (Phi) is 3.27. The highest BCUT2D eigenvalue weighted by Gasteiger charge is 2.35. The Labute approximate surface area is 74.2 Å². The molecule has 0 rings (SSSR count). The first-order valence-corrected chi connectivity index (χ1v) is 4.24. The van der Waals surface area contributed by atoms with Crippen LogP contribution in [0.15, 0.2) is 0 Å². The van der Waals surface area contributed by atoms with Gasteiger partial charge in [0.2, 0.25) is 5.91 Å². The fraction of sp³-hybridized carbons (Fsp3) is 0.889. The fourth-order valence-electron chi connectivity index (χ4n) is 0.590. The minimum Gasteiger partial charge on any atom is -0.388 e.